The van der Waals surface area contributed by atoms with Crippen molar-refractivity contribution in [3.63, 3.8) is 0 Å². The van der Waals surface area contributed by atoms with E-state index in [0.717, 1.165) is 31.7 Å². The molecule has 1 heterocycles. The number of nitrogens with zero attached hydrogens (tertiary/aromatic N) is 1. The lowest BCUT2D eigenvalue weighted by atomic mass is 10.0. The molecule has 1 saturated heterocycles. The molecule has 1 aliphatic heterocycles. The van der Waals surface area contributed by atoms with Crippen LogP contribution in [0.4, 0.5) is 0 Å². The quantitative estimate of drug-likeness (QED) is 0.832. The van der Waals surface area contributed by atoms with E-state index >= 15 is 0 Å². The van der Waals surface area contributed by atoms with Crippen molar-refractivity contribution >= 4 is 0 Å². The first-order valence-electron chi connectivity index (χ1n) is 6.04. The minimum atomic E-state index is 0.239. The second kappa shape index (κ2) is 5.38. The Morgan fingerprint density at radius 3 is 2.65 bits per heavy atom. The molecule has 0 bridgehead atoms. The van der Waals surface area contributed by atoms with Gasteiger partial charge < -0.3 is 15.2 Å². The molecule has 2 N–H and O–H groups in total. The summed E-state index contributed by atoms with van der Waals surface area (Å²) in [6, 6.07) is 5.76. The van der Waals surface area contributed by atoms with Crippen molar-refractivity contribution in [3.8, 4) is 11.5 Å². The van der Waals surface area contributed by atoms with Gasteiger partial charge in [0.05, 0.1) is 7.11 Å². The molecule has 0 aliphatic carbocycles. The minimum Gasteiger partial charge on any atom is -0.507 e. The first-order chi connectivity index (χ1) is 8.22. The van der Waals surface area contributed by atoms with E-state index in [-0.39, 0.29) is 6.04 Å². The molecule has 1 fully saturated rings. The van der Waals surface area contributed by atoms with Gasteiger partial charge in [0, 0.05) is 43.9 Å². The van der Waals surface area contributed by atoms with Crippen LogP contribution in [-0.2, 0) is 0 Å². The third-order valence-corrected chi connectivity index (χ3v) is 3.39. The van der Waals surface area contributed by atoms with Crippen LogP contribution < -0.4 is 10.1 Å². The summed E-state index contributed by atoms with van der Waals surface area (Å²) in [6.45, 7) is 6.20. The van der Waals surface area contributed by atoms with Gasteiger partial charge in [-0.25, -0.2) is 0 Å². The van der Waals surface area contributed by atoms with E-state index in [9.17, 15) is 5.11 Å². The molecule has 0 aromatic heterocycles. The van der Waals surface area contributed by atoms with Crippen LogP contribution in [0, 0.1) is 0 Å². The SMILES string of the molecule is COc1ccc([C@@H](C)N2CCNCC2)c(O)c1. The zero-order chi connectivity index (χ0) is 12.3. The fourth-order valence-corrected chi connectivity index (χ4v) is 2.27. The summed E-state index contributed by atoms with van der Waals surface area (Å²) in [4.78, 5) is 2.37. The van der Waals surface area contributed by atoms with Gasteiger partial charge >= 0.3 is 0 Å². The Morgan fingerprint density at radius 1 is 1.35 bits per heavy atom. The van der Waals surface area contributed by atoms with Crippen LogP contribution in [0.25, 0.3) is 0 Å². The highest BCUT2D eigenvalue weighted by molar-refractivity contribution is 5.41. The molecule has 17 heavy (non-hydrogen) atoms. The molecule has 2 rings (SSSR count). The summed E-state index contributed by atoms with van der Waals surface area (Å²) in [5.41, 5.74) is 0.965. The molecule has 0 unspecified atom stereocenters. The monoisotopic (exact) mass is 236 g/mol. The number of phenolic OH excluding ortho intramolecular Hbond substituents is 1. The van der Waals surface area contributed by atoms with Gasteiger partial charge in [-0.05, 0) is 13.0 Å². The van der Waals surface area contributed by atoms with Crippen LogP contribution in [0.2, 0.25) is 0 Å². The number of nitrogens with one attached hydrogen (secondary N) is 1. The Hall–Kier alpha value is -1.26. The molecule has 0 amide bonds. The minimum absolute atomic E-state index is 0.239. The molecule has 1 aromatic carbocycles. The number of rotatable bonds is 3. The van der Waals surface area contributed by atoms with Crippen molar-refractivity contribution < 1.29 is 9.84 Å². The van der Waals surface area contributed by atoms with Gasteiger partial charge in [-0.2, -0.15) is 0 Å². The number of methoxy groups -OCH3 is 1. The lowest BCUT2D eigenvalue weighted by molar-refractivity contribution is 0.183. The maximum absolute atomic E-state index is 10.0. The van der Waals surface area contributed by atoms with Crippen LogP contribution in [0.3, 0.4) is 0 Å². The molecular formula is C13H20N2O2. The first kappa shape index (κ1) is 12.2. The molecule has 0 spiro atoms. The number of ether oxygens (including phenoxy) is 1. The zero-order valence-electron chi connectivity index (χ0n) is 10.4. The lowest BCUT2D eigenvalue weighted by Crippen LogP contribution is -2.44. The molecule has 94 valence electrons. The normalized spacial score (nSPS) is 18.9. The molecule has 4 heteroatoms. The van der Waals surface area contributed by atoms with Crippen LogP contribution in [-0.4, -0.2) is 43.3 Å². The third kappa shape index (κ3) is 2.70. The number of hydrogen-bond acceptors (Lipinski definition) is 4. The average Bonchev–Trinajstić information content (AvgIpc) is 2.39. The van der Waals surface area contributed by atoms with E-state index in [0.29, 0.717) is 11.5 Å². The number of phenols is 1. The van der Waals surface area contributed by atoms with Crippen LogP contribution in [0.5, 0.6) is 11.5 Å². The van der Waals surface area contributed by atoms with Crippen molar-refractivity contribution in [1.82, 2.24) is 10.2 Å². The Kier molecular flexibility index (Phi) is 3.86. The van der Waals surface area contributed by atoms with Gasteiger partial charge in [-0.15, -0.1) is 0 Å². The average molecular weight is 236 g/mol. The summed E-state index contributed by atoms with van der Waals surface area (Å²) in [6.07, 6.45) is 0. The number of piperazine rings is 1. The van der Waals surface area contributed by atoms with Gasteiger partial charge in [-0.1, -0.05) is 6.07 Å². The maximum Gasteiger partial charge on any atom is 0.124 e. The summed E-state index contributed by atoms with van der Waals surface area (Å²) in [7, 11) is 1.61. The highest BCUT2D eigenvalue weighted by atomic mass is 16.5. The van der Waals surface area contributed by atoms with Gasteiger partial charge in [-0.3, -0.25) is 4.90 Å². The fraction of sp³-hybridized carbons (Fsp3) is 0.538. The van der Waals surface area contributed by atoms with Crippen molar-refractivity contribution in [3.05, 3.63) is 23.8 Å². The van der Waals surface area contributed by atoms with E-state index in [1.807, 2.05) is 12.1 Å². The topological polar surface area (TPSA) is 44.7 Å². The van der Waals surface area contributed by atoms with E-state index in [1.54, 1.807) is 13.2 Å². The van der Waals surface area contributed by atoms with Gasteiger partial charge in [0.25, 0.3) is 0 Å². The van der Waals surface area contributed by atoms with E-state index in [1.165, 1.54) is 0 Å². The van der Waals surface area contributed by atoms with Gasteiger partial charge in [0.1, 0.15) is 11.5 Å². The molecule has 0 radical (unpaired) electrons. The van der Waals surface area contributed by atoms with Gasteiger partial charge in [0.15, 0.2) is 0 Å². The summed E-state index contributed by atoms with van der Waals surface area (Å²) in [5, 5.41) is 13.3. The Bertz CT molecular complexity index is 376. The largest absolute Gasteiger partial charge is 0.507 e. The maximum atomic E-state index is 10.0. The first-order valence-corrected chi connectivity index (χ1v) is 6.04. The standard InChI is InChI=1S/C13H20N2O2/c1-10(15-7-5-14-6-8-15)12-4-3-11(17-2)9-13(12)16/h3-4,9-10,14,16H,5-8H2,1-2H3/t10-/m1/s1. The van der Waals surface area contributed by atoms with Crippen molar-refractivity contribution in [2.45, 2.75) is 13.0 Å². The summed E-state index contributed by atoms with van der Waals surface area (Å²) < 4.78 is 5.09. The lowest BCUT2D eigenvalue weighted by Gasteiger charge is -2.33. The van der Waals surface area contributed by atoms with Crippen LogP contribution in [0.15, 0.2) is 18.2 Å². The number of hydrogen-bond donors (Lipinski definition) is 2. The predicted octanol–water partition coefficient (Wildman–Crippen LogP) is 1.37. The smallest absolute Gasteiger partial charge is 0.124 e. The fourth-order valence-electron chi connectivity index (χ4n) is 2.27. The Labute approximate surface area is 102 Å². The summed E-state index contributed by atoms with van der Waals surface area (Å²) in [5.74, 6) is 1.01. The zero-order valence-corrected chi connectivity index (χ0v) is 10.4. The van der Waals surface area contributed by atoms with E-state index in [2.05, 4.69) is 17.1 Å². The van der Waals surface area contributed by atoms with Gasteiger partial charge in [0.2, 0.25) is 0 Å². The predicted molar refractivity (Wildman–Crippen MR) is 67.5 cm³/mol. The molecule has 1 aliphatic rings. The van der Waals surface area contributed by atoms with Crippen LogP contribution in [0.1, 0.15) is 18.5 Å². The molecule has 4 nitrogen and oxygen atoms in total. The van der Waals surface area contributed by atoms with Crippen molar-refractivity contribution in [1.29, 1.82) is 0 Å². The third-order valence-electron chi connectivity index (χ3n) is 3.39. The Balaban J connectivity index is 2.15. The Morgan fingerprint density at radius 2 is 2.06 bits per heavy atom. The van der Waals surface area contributed by atoms with Crippen molar-refractivity contribution in [2.75, 3.05) is 33.3 Å². The van der Waals surface area contributed by atoms with E-state index < -0.39 is 0 Å². The summed E-state index contributed by atoms with van der Waals surface area (Å²) >= 11 is 0. The second-order valence-corrected chi connectivity index (χ2v) is 4.39. The highest BCUT2D eigenvalue weighted by Crippen LogP contribution is 2.31. The molecule has 1 aromatic rings. The van der Waals surface area contributed by atoms with Crippen LogP contribution >= 0.6 is 0 Å². The second-order valence-electron chi connectivity index (χ2n) is 4.39. The molecular weight excluding hydrogens is 216 g/mol. The molecule has 0 saturated carbocycles. The van der Waals surface area contributed by atoms with E-state index in [4.69, 9.17) is 4.74 Å². The molecule has 1 atom stereocenters. The van der Waals surface area contributed by atoms with Crippen molar-refractivity contribution in [2.24, 2.45) is 0 Å². The highest BCUT2D eigenvalue weighted by Gasteiger charge is 2.20. The number of benzene rings is 1. The number of aromatic hydroxyl groups is 1.